The molecule has 6 nitrogen and oxygen atoms in total. The smallest absolute Gasteiger partial charge is 0.116 e. The topological polar surface area (TPSA) is 77.3 Å². The third kappa shape index (κ3) is 14.8. The molecule has 0 spiro atoms. The number of hydrogen-bond acceptors (Lipinski definition) is 6. The second-order valence-corrected chi connectivity index (χ2v) is 29.5. The summed E-state index contributed by atoms with van der Waals surface area (Å²) in [7, 11) is 0. The molecule has 0 atom stereocenters. The van der Waals surface area contributed by atoms with Gasteiger partial charge >= 0.3 is 0 Å². The van der Waals surface area contributed by atoms with Gasteiger partial charge in [0.25, 0.3) is 0 Å². The van der Waals surface area contributed by atoms with Gasteiger partial charge in [0, 0.05) is 58.2 Å². The summed E-state index contributed by atoms with van der Waals surface area (Å²) in [5.41, 5.74) is 41.2. The molecule has 0 aliphatic rings. The molecule has 5 aromatic heterocycles. The summed E-state index contributed by atoms with van der Waals surface area (Å²) in [5.74, 6) is 0. The quantitative estimate of drug-likeness (QED) is 0.0852. The van der Waals surface area contributed by atoms with E-state index >= 15 is 0 Å². The molecule has 546 valence electrons. The van der Waals surface area contributed by atoms with Crippen LogP contribution in [0.3, 0.4) is 0 Å². The SMILES string of the molecule is Cc1ccc(-c2ccc(-c3cc(-c4ccc(-c5ccc(C)cc5-c5cc(-c6ccccc6-c6ccc(-c7ccccn7)cc6)cc(-c6ccccc6-c6ccc(-c7ccccn7)cc6)c5)cc4)ncn3)cc2)c(-c2cc(-c3ccccc3-c3ccc(-c4ccccn4)cc3)cc(-c3ccccc3-c3ccc(-c4ccccn4)cc3)c2)c1. The fourth-order valence-corrected chi connectivity index (χ4v) is 16.2. The Balaban J connectivity index is 0.652. The lowest BCUT2D eigenvalue weighted by atomic mass is 9.85. The molecule has 0 N–H and O–H groups in total. The van der Waals surface area contributed by atoms with Crippen molar-refractivity contribution in [2.24, 2.45) is 0 Å². The van der Waals surface area contributed by atoms with Gasteiger partial charge in [-0.1, -0.05) is 314 Å². The number of hydrogen-bond donors (Lipinski definition) is 0. The van der Waals surface area contributed by atoms with Crippen molar-refractivity contribution in [3.63, 3.8) is 0 Å². The van der Waals surface area contributed by atoms with E-state index in [2.05, 4.69) is 380 Å². The van der Waals surface area contributed by atoms with Gasteiger partial charge in [-0.3, -0.25) is 19.9 Å². The van der Waals surface area contributed by atoms with Crippen LogP contribution >= 0.6 is 0 Å². The first-order valence-electron chi connectivity index (χ1n) is 39.3. The Morgan fingerprint density at radius 1 is 0.129 bits per heavy atom. The monoisotopic (exact) mass is 1480 g/mol. The number of aromatic nitrogens is 6. The molecule has 0 saturated heterocycles. The van der Waals surface area contributed by atoms with Crippen LogP contribution in [-0.2, 0) is 0 Å². The van der Waals surface area contributed by atoms with Crippen LogP contribution in [0.5, 0.6) is 0 Å². The molecule has 0 aliphatic heterocycles. The maximum absolute atomic E-state index is 4.92. The predicted molar refractivity (Wildman–Crippen MR) is 481 cm³/mol. The maximum Gasteiger partial charge on any atom is 0.116 e. The molecule has 0 amide bonds. The fraction of sp³-hybridized carbons (Fsp3) is 0.0182. The molecule has 116 heavy (non-hydrogen) atoms. The second kappa shape index (κ2) is 31.9. The van der Waals surface area contributed by atoms with E-state index in [1.165, 1.54) is 11.1 Å². The van der Waals surface area contributed by atoms with Crippen LogP contribution in [-0.4, -0.2) is 29.9 Å². The molecule has 0 bridgehead atoms. The Morgan fingerprint density at radius 2 is 0.319 bits per heavy atom. The molecular weight excluding hydrogens is 1410 g/mol. The zero-order chi connectivity index (χ0) is 77.7. The maximum atomic E-state index is 4.92. The first kappa shape index (κ1) is 71.1. The lowest BCUT2D eigenvalue weighted by Crippen LogP contribution is -1.93. The number of aryl methyl sites for hydroxylation is 2. The van der Waals surface area contributed by atoms with Crippen LogP contribution in [0.25, 0.3) is 201 Å². The van der Waals surface area contributed by atoms with E-state index in [0.29, 0.717) is 0 Å². The van der Waals surface area contributed by atoms with Crippen molar-refractivity contribution in [3.05, 3.63) is 437 Å². The van der Waals surface area contributed by atoms with Gasteiger partial charge in [0.2, 0.25) is 0 Å². The number of pyridine rings is 4. The Bertz CT molecular complexity index is 6050. The van der Waals surface area contributed by atoms with Crippen molar-refractivity contribution in [2.75, 3.05) is 0 Å². The van der Waals surface area contributed by atoms with Crippen molar-refractivity contribution in [1.29, 1.82) is 0 Å². The Hall–Kier alpha value is -15.2. The van der Waals surface area contributed by atoms with Gasteiger partial charge in [-0.25, -0.2) is 9.97 Å². The summed E-state index contributed by atoms with van der Waals surface area (Å²) in [4.78, 5) is 28.4. The highest BCUT2D eigenvalue weighted by Gasteiger charge is 2.21. The molecule has 0 fully saturated rings. The first-order valence-corrected chi connectivity index (χ1v) is 39.3. The van der Waals surface area contributed by atoms with Crippen molar-refractivity contribution in [3.8, 4) is 201 Å². The minimum Gasteiger partial charge on any atom is -0.256 e. The Labute approximate surface area is 677 Å². The van der Waals surface area contributed by atoms with E-state index in [1.54, 1.807) is 6.33 Å². The van der Waals surface area contributed by atoms with Gasteiger partial charge in [-0.2, -0.15) is 0 Å². The number of rotatable bonds is 18. The average Bonchev–Trinajstić information content (AvgIpc) is 0.769. The highest BCUT2D eigenvalue weighted by Crippen LogP contribution is 2.47. The Kier molecular flexibility index (Phi) is 19.5. The lowest BCUT2D eigenvalue weighted by Gasteiger charge is -2.18. The van der Waals surface area contributed by atoms with Gasteiger partial charge in [0.15, 0.2) is 0 Å². The van der Waals surface area contributed by atoms with Crippen LogP contribution in [0.1, 0.15) is 11.1 Å². The molecule has 0 aliphatic carbocycles. The zero-order valence-electron chi connectivity index (χ0n) is 64.1. The predicted octanol–water partition coefficient (Wildman–Crippen LogP) is 28.7. The summed E-state index contributed by atoms with van der Waals surface area (Å²) < 4.78 is 0. The first-order chi connectivity index (χ1) is 57.3. The molecule has 5 heterocycles. The summed E-state index contributed by atoms with van der Waals surface area (Å²) in [6, 6.07) is 142. The lowest BCUT2D eigenvalue weighted by molar-refractivity contribution is 1.18. The van der Waals surface area contributed by atoms with E-state index in [9.17, 15) is 0 Å². The summed E-state index contributed by atoms with van der Waals surface area (Å²) in [6.07, 6.45) is 9.07. The van der Waals surface area contributed by atoms with Crippen LogP contribution in [0.4, 0.5) is 0 Å². The molecule has 14 aromatic carbocycles. The van der Waals surface area contributed by atoms with Gasteiger partial charge in [-0.05, 0) is 238 Å². The molecule has 19 aromatic rings. The minimum atomic E-state index is 0.838. The van der Waals surface area contributed by atoms with Crippen molar-refractivity contribution >= 4 is 0 Å². The van der Waals surface area contributed by atoms with E-state index in [4.69, 9.17) is 9.97 Å². The molecule has 19 rings (SSSR count). The molecule has 0 radical (unpaired) electrons. The molecule has 0 unspecified atom stereocenters. The highest BCUT2D eigenvalue weighted by molar-refractivity contribution is 5.98. The third-order valence-corrected chi connectivity index (χ3v) is 22.1. The standard InChI is InChI=1S/C110H76N6/c1-73-31-57-101(103(63-73)91-67-87(97-23-7-3-19-93(97)75-33-45-81(46-34-75)105-27-11-15-59-111-105)65-88(68-91)98-24-8-4-20-94(98)76-35-47-82(48-36-76)106-28-12-16-60-112-106)79-41-53-85(54-42-79)109-71-110(116-72-115-109)86-55-43-80(44-56-86)102-58-32-74(2)64-104(102)92-69-89(99-25-9-5-21-95(99)77-37-49-83(50-38-77)107-29-13-17-61-113-107)66-90(70-92)100-26-10-6-22-96(100)78-39-51-84(52-40-78)108-30-14-18-62-114-108/h3-72H,1-2H3. The van der Waals surface area contributed by atoms with Crippen LogP contribution in [0.2, 0.25) is 0 Å². The molecule has 0 saturated carbocycles. The summed E-state index contributed by atoms with van der Waals surface area (Å²) >= 11 is 0. The summed E-state index contributed by atoms with van der Waals surface area (Å²) in [6.45, 7) is 4.37. The second-order valence-electron chi connectivity index (χ2n) is 29.5. The van der Waals surface area contributed by atoms with Gasteiger partial charge in [0.1, 0.15) is 6.33 Å². The fourth-order valence-electron chi connectivity index (χ4n) is 16.2. The molecule has 6 heteroatoms. The largest absolute Gasteiger partial charge is 0.256 e. The third-order valence-electron chi connectivity index (χ3n) is 22.1. The summed E-state index contributed by atoms with van der Waals surface area (Å²) in [5, 5.41) is 0. The van der Waals surface area contributed by atoms with E-state index in [1.807, 2.05) is 73.3 Å². The van der Waals surface area contributed by atoms with Crippen LogP contribution in [0.15, 0.2) is 425 Å². The van der Waals surface area contributed by atoms with Crippen LogP contribution in [0, 0.1) is 13.8 Å². The zero-order valence-corrected chi connectivity index (χ0v) is 64.1. The normalized spacial score (nSPS) is 11.2. The minimum absolute atomic E-state index is 0.838. The average molecular weight is 1480 g/mol. The Morgan fingerprint density at radius 3 is 0.543 bits per heavy atom. The van der Waals surface area contributed by atoms with Gasteiger partial charge in [0.05, 0.1) is 34.2 Å². The van der Waals surface area contributed by atoms with Crippen molar-refractivity contribution < 1.29 is 0 Å². The van der Waals surface area contributed by atoms with E-state index in [-0.39, 0.29) is 0 Å². The van der Waals surface area contributed by atoms with Gasteiger partial charge < -0.3 is 0 Å². The van der Waals surface area contributed by atoms with Crippen LogP contribution < -0.4 is 0 Å². The van der Waals surface area contributed by atoms with Gasteiger partial charge in [-0.15, -0.1) is 0 Å². The number of benzene rings is 14. The number of nitrogens with zero attached hydrogens (tertiary/aromatic N) is 6. The highest BCUT2D eigenvalue weighted by atomic mass is 14.8. The van der Waals surface area contributed by atoms with Crippen molar-refractivity contribution in [1.82, 2.24) is 29.9 Å². The van der Waals surface area contributed by atoms with E-state index in [0.717, 1.165) is 201 Å². The van der Waals surface area contributed by atoms with Crippen molar-refractivity contribution in [2.45, 2.75) is 13.8 Å². The van der Waals surface area contributed by atoms with E-state index < -0.39 is 0 Å². The molecular formula is C110H76N6.